The Kier molecular flexibility index (Phi) is 1.78. The van der Waals surface area contributed by atoms with Gasteiger partial charge in [0.2, 0.25) is 0 Å². The molecular formula is C5H6N3O4-. The zero-order chi connectivity index (χ0) is 9.30. The SMILES string of the molecule is CC1=C([N+](=O)[O-])C(=C([O-])O)NN1. The normalized spacial score (nSPS) is 20.1. The second kappa shape index (κ2) is 2.61. The lowest BCUT2D eigenvalue weighted by Gasteiger charge is -2.03. The van der Waals surface area contributed by atoms with Crippen molar-refractivity contribution in [3.63, 3.8) is 0 Å². The van der Waals surface area contributed by atoms with E-state index in [1.165, 1.54) is 6.92 Å². The fourth-order valence-electron chi connectivity index (χ4n) is 0.845. The summed E-state index contributed by atoms with van der Waals surface area (Å²) in [6.07, 6.45) is 0. The van der Waals surface area contributed by atoms with E-state index in [4.69, 9.17) is 5.11 Å². The van der Waals surface area contributed by atoms with Crippen molar-refractivity contribution in [1.82, 2.24) is 10.9 Å². The molecule has 0 radical (unpaired) electrons. The van der Waals surface area contributed by atoms with Crippen LogP contribution in [0.2, 0.25) is 0 Å². The molecule has 0 aliphatic carbocycles. The summed E-state index contributed by atoms with van der Waals surface area (Å²) in [7, 11) is 0. The number of aliphatic hydroxyl groups is 1. The second-order valence-corrected chi connectivity index (χ2v) is 2.16. The molecule has 1 heterocycles. The van der Waals surface area contributed by atoms with E-state index in [-0.39, 0.29) is 5.70 Å². The molecule has 3 N–H and O–H groups in total. The fourth-order valence-corrected chi connectivity index (χ4v) is 0.845. The highest BCUT2D eigenvalue weighted by Gasteiger charge is 2.28. The minimum atomic E-state index is -1.36. The average Bonchev–Trinajstić information content (AvgIpc) is 2.30. The van der Waals surface area contributed by atoms with Gasteiger partial charge in [0.05, 0.1) is 10.9 Å². The summed E-state index contributed by atoms with van der Waals surface area (Å²) in [5.74, 6) is -1.36. The Labute approximate surface area is 67.1 Å². The first kappa shape index (κ1) is 8.18. The van der Waals surface area contributed by atoms with Crippen LogP contribution in [-0.2, 0) is 0 Å². The molecule has 66 valence electrons. The Morgan fingerprint density at radius 2 is 2.17 bits per heavy atom. The third-order valence-electron chi connectivity index (χ3n) is 1.36. The first-order chi connectivity index (χ1) is 5.54. The maximum atomic E-state index is 10.4. The number of hydrazine groups is 1. The quantitative estimate of drug-likeness (QED) is 0.257. The molecule has 12 heavy (non-hydrogen) atoms. The summed E-state index contributed by atoms with van der Waals surface area (Å²) in [5, 5.41) is 29.2. The minimum absolute atomic E-state index is 0.192. The Bertz CT molecular complexity index is 289. The maximum absolute atomic E-state index is 10.4. The van der Waals surface area contributed by atoms with E-state index in [0.717, 1.165) is 0 Å². The van der Waals surface area contributed by atoms with E-state index in [0.29, 0.717) is 0 Å². The molecule has 0 saturated heterocycles. The van der Waals surface area contributed by atoms with Crippen LogP contribution in [0.4, 0.5) is 0 Å². The molecule has 0 spiro atoms. The summed E-state index contributed by atoms with van der Waals surface area (Å²) >= 11 is 0. The van der Waals surface area contributed by atoms with Crippen molar-refractivity contribution in [2.75, 3.05) is 0 Å². The molecule has 0 amide bonds. The molecule has 0 aromatic rings. The van der Waals surface area contributed by atoms with Crippen LogP contribution in [0.3, 0.4) is 0 Å². The Morgan fingerprint density at radius 1 is 1.58 bits per heavy atom. The van der Waals surface area contributed by atoms with Crippen molar-refractivity contribution in [3.05, 3.63) is 33.2 Å². The number of rotatable bonds is 1. The molecule has 0 atom stereocenters. The molecule has 1 aliphatic rings. The summed E-state index contributed by atoms with van der Waals surface area (Å²) in [6, 6.07) is 0. The van der Waals surface area contributed by atoms with Gasteiger partial charge in [-0.3, -0.25) is 21.0 Å². The van der Waals surface area contributed by atoms with Crippen molar-refractivity contribution in [1.29, 1.82) is 0 Å². The van der Waals surface area contributed by atoms with Crippen LogP contribution >= 0.6 is 0 Å². The van der Waals surface area contributed by atoms with Gasteiger partial charge in [-0.2, -0.15) is 0 Å². The molecule has 0 bridgehead atoms. The van der Waals surface area contributed by atoms with Crippen LogP contribution < -0.4 is 16.0 Å². The second-order valence-electron chi connectivity index (χ2n) is 2.16. The molecule has 7 nitrogen and oxygen atoms in total. The van der Waals surface area contributed by atoms with Crippen molar-refractivity contribution in [2.24, 2.45) is 0 Å². The molecule has 0 unspecified atom stereocenters. The van der Waals surface area contributed by atoms with Gasteiger partial charge in [-0.1, -0.05) is 0 Å². The highest BCUT2D eigenvalue weighted by Crippen LogP contribution is 2.16. The van der Waals surface area contributed by atoms with E-state index in [2.05, 4.69) is 10.9 Å². The lowest BCUT2D eigenvalue weighted by molar-refractivity contribution is -0.424. The van der Waals surface area contributed by atoms with Gasteiger partial charge < -0.3 is 10.2 Å². The van der Waals surface area contributed by atoms with Gasteiger partial charge in [0.15, 0.2) is 5.70 Å². The highest BCUT2D eigenvalue weighted by atomic mass is 16.6. The van der Waals surface area contributed by atoms with Crippen molar-refractivity contribution >= 4 is 0 Å². The topological polar surface area (TPSA) is 110 Å². The van der Waals surface area contributed by atoms with E-state index >= 15 is 0 Å². The fraction of sp³-hybridized carbons (Fsp3) is 0.200. The van der Waals surface area contributed by atoms with Crippen LogP contribution in [0.1, 0.15) is 6.92 Å². The van der Waals surface area contributed by atoms with Crippen LogP contribution in [0.5, 0.6) is 0 Å². The molecule has 1 aliphatic heterocycles. The Hall–Kier alpha value is -1.92. The first-order valence-electron chi connectivity index (χ1n) is 3.02. The van der Waals surface area contributed by atoms with Crippen LogP contribution in [0, 0.1) is 10.1 Å². The van der Waals surface area contributed by atoms with Gasteiger partial charge in [0.25, 0.3) is 0 Å². The van der Waals surface area contributed by atoms with Crippen molar-refractivity contribution in [2.45, 2.75) is 6.92 Å². The molecule has 7 heteroatoms. The maximum Gasteiger partial charge on any atom is 0.316 e. The average molecular weight is 172 g/mol. The summed E-state index contributed by atoms with van der Waals surface area (Å²) < 4.78 is 0. The molecule has 1 rings (SSSR count). The van der Waals surface area contributed by atoms with E-state index in [9.17, 15) is 15.2 Å². The molecule has 0 fully saturated rings. The van der Waals surface area contributed by atoms with Gasteiger partial charge in [-0.05, 0) is 6.92 Å². The smallest absolute Gasteiger partial charge is 0.316 e. The predicted octanol–water partition coefficient (Wildman–Crippen LogP) is -1.31. The van der Waals surface area contributed by atoms with E-state index in [1.807, 2.05) is 0 Å². The summed E-state index contributed by atoms with van der Waals surface area (Å²) in [6.45, 7) is 1.42. The van der Waals surface area contributed by atoms with Crippen LogP contribution in [0.25, 0.3) is 0 Å². The molecular weight excluding hydrogens is 166 g/mol. The summed E-state index contributed by atoms with van der Waals surface area (Å²) in [5.41, 5.74) is 3.87. The Balaban J connectivity index is 3.15. The van der Waals surface area contributed by atoms with Crippen molar-refractivity contribution in [3.8, 4) is 0 Å². The lowest BCUT2D eigenvalue weighted by Crippen LogP contribution is -2.25. The van der Waals surface area contributed by atoms with Gasteiger partial charge in [-0.25, -0.2) is 0 Å². The number of hydrogen-bond acceptors (Lipinski definition) is 6. The number of nitrogens with one attached hydrogen (secondary N) is 2. The number of hydrogen-bond donors (Lipinski definition) is 3. The Morgan fingerprint density at radius 3 is 2.50 bits per heavy atom. The molecule has 0 aromatic heterocycles. The van der Waals surface area contributed by atoms with Crippen molar-refractivity contribution < 1.29 is 15.1 Å². The van der Waals surface area contributed by atoms with Gasteiger partial charge in [0, 0.05) is 0 Å². The summed E-state index contributed by atoms with van der Waals surface area (Å²) in [4.78, 5) is 9.57. The highest BCUT2D eigenvalue weighted by molar-refractivity contribution is 5.31. The monoisotopic (exact) mass is 172 g/mol. The lowest BCUT2D eigenvalue weighted by atomic mass is 10.3. The number of nitro groups is 1. The zero-order valence-electron chi connectivity index (χ0n) is 6.12. The van der Waals surface area contributed by atoms with Crippen LogP contribution in [0.15, 0.2) is 23.0 Å². The third kappa shape index (κ3) is 1.11. The van der Waals surface area contributed by atoms with Crippen LogP contribution in [-0.4, -0.2) is 10.0 Å². The largest absolute Gasteiger partial charge is 0.628 e. The first-order valence-corrected chi connectivity index (χ1v) is 3.02. The number of nitrogens with zero attached hydrogens (tertiary/aromatic N) is 1. The van der Waals surface area contributed by atoms with Gasteiger partial charge in [0.1, 0.15) is 5.70 Å². The molecule has 0 saturated carbocycles. The van der Waals surface area contributed by atoms with Gasteiger partial charge in [-0.15, -0.1) is 0 Å². The standard InChI is InChI=1S/C5H7N3O4/c1-2-4(8(11)12)3(5(9)10)7-6-2/h6-7,9-10H,1H3/p-1. The predicted molar refractivity (Wildman–Crippen MR) is 35.6 cm³/mol. The number of allylic oxidation sites excluding steroid dienone is 1. The number of aliphatic hydroxyl groups excluding tert-OH is 1. The van der Waals surface area contributed by atoms with E-state index < -0.39 is 22.3 Å². The minimum Gasteiger partial charge on any atom is -0.628 e. The third-order valence-corrected chi connectivity index (χ3v) is 1.36. The van der Waals surface area contributed by atoms with E-state index in [1.54, 1.807) is 0 Å². The van der Waals surface area contributed by atoms with Gasteiger partial charge >= 0.3 is 5.70 Å². The zero-order valence-corrected chi connectivity index (χ0v) is 6.12. The molecule has 0 aromatic carbocycles.